The number of benzene rings is 1. The van der Waals surface area contributed by atoms with Gasteiger partial charge in [-0.2, -0.15) is 8.78 Å². The molecule has 2 atom stereocenters. The largest absolute Gasteiger partial charge is 0.454 e. The van der Waals surface area contributed by atoms with Crippen LogP contribution >= 0.6 is 0 Å². The predicted molar refractivity (Wildman–Crippen MR) is 94.6 cm³/mol. The Labute approximate surface area is 156 Å². The SMILES string of the molecule is CC(OC(=O)C1CCCN(S(C)(=O)=O)C1)c1nc2ccccc2n1C(F)F. The molecule has 0 N–H and O–H groups in total. The number of ether oxygens (including phenoxy) is 1. The van der Waals surface area contributed by atoms with Gasteiger partial charge in [0.1, 0.15) is 0 Å². The number of hydrogen-bond donors (Lipinski definition) is 0. The lowest BCUT2D eigenvalue weighted by Crippen LogP contribution is -2.42. The van der Waals surface area contributed by atoms with Gasteiger partial charge in [-0.3, -0.25) is 9.36 Å². The number of carbonyl (C=O) groups is 1. The van der Waals surface area contributed by atoms with Gasteiger partial charge in [-0.05, 0) is 31.9 Å². The molecular formula is C17H21F2N3O4S. The van der Waals surface area contributed by atoms with E-state index in [0.29, 0.717) is 24.9 Å². The Morgan fingerprint density at radius 2 is 2.04 bits per heavy atom. The number of para-hydroxylation sites is 2. The second-order valence-electron chi connectivity index (χ2n) is 6.65. The van der Waals surface area contributed by atoms with Gasteiger partial charge in [0, 0.05) is 13.1 Å². The van der Waals surface area contributed by atoms with Gasteiger partial charge in [0.15, 0.2) is 11.9 Å². The van der Waals surface area contributed by atoms with Gasteiger partial charge in [-0.25, -0.2) is 17.7 Å². The molecule has 1 aromatic carbocycles. The van der Waals surface area contributed by atoms with E-state index in [1.807, 2.05) is 0 Å². The highest BCUT2D eigenvalue weighted by Crippen LogP contribution is 2.29. The molecule has 0 bridgehead atoms. The van der Waals surface area contributed by atoms with Gasteiger partial charge in [-0.15, -0.1) is 0 Å². The molecule has 2 heterocycles. The molecule has 2 aromatic rings. The van der Waals surface area contributed by atoms with Crippen molar-refractivity contribution in [3.8, 4) is 0 Å². The third-order valence-electron chi connectivity index (χ3n) is 4.66. The van der Waals surface area contributed by atoms with Crippen molar-refractivity contribution in [3.05, 3.63) is 30.1 Å². The fourth-order valence-corrected chi connectivity index (χ4v) is 4.23. The Morgan fingerprint density at radius 3 is 2.70 bits per heavy atom. The Hall–Kier alpha value is -2.07. The van der Waals surface area contributed by atoms with Gasteiger partial charge >= 0.3 is 12.5 Å². The van der Waals surface area contributed by atoms with Crippen LogP contribution in [0.15, 0.2) is 24.3 Å². The Morgan fingerprint density at radius 1 is 1.33 bits per heavy atom. The first-order valence-corrected chi connectivity index (χ1v) is 10.4. The third kappa shape index (κ3) is 4.11. The van der Waals surface area contributed by atoms with Gasteiger partial charge in [0.05, 0.1) is 23.2 Å². The summed E-state index contributed by atoms with van der Waals surface area (Å²) in [6.45, 7) is -0.951. The van der Waals surface area contributed by atoms with E-state index in [4.69, 9.17) is 4.74 Å². The zero-order valence-electron chi connectivity index (χ0n) is 15.0. The van der Waals surface area contributed by atoms with Gasteiger partial charge < -0.3 is 4.74 Å². The molecule has 0 saturated carbocycles. The van der Waals surface area contributed by atoms with Crippen molar-refractivity contribution in [2.75, 3.05) is 19.3 Å². The second kappa shape index (κ2) is 7.51. The van der Waals surface area contributed by atoms with Crippen molar-refractivity contribution in [2.45, 2.75) is 32.4 Å². The number of piperidine rings is 1. The summed E-state index contributed by atoms with van der Waals surface area (Å²) in [6, 6.07) is 6.45. The summed E-state index contributed by atoms with van der Waals surface area (Å²) in [7, 11) is -3.40. The first kappa shape index (κ1) is 19.7. The van der Waals surface area contributed by atoms with Crippen LogP contribution in [-0.2, 0) is 19.6 Å². The zero-order chi connectivity index (χ0) is 19.8. The molecule has 1 saturated heterocycles. The highest BCUT2D eigenvalue weighted by Gasteiger charge is 2.33. The smallest absolute Gasteiger partial charge is 0.320 e. The van der Waals surface area contributed by atoms with Crippen LogP contribution in [0.2, 0.25) is 0 Å². The van der Waals surface area contributed by atoms with E-state index in [0.717, 1.165) is 10.8 Å². The Bertz CT molecular complexity index is 945. The second-order valence-corrected chi connectivity index (χ2v) is 8.63. The molecule has 1 aromatic heterocycles. The highest BCUT2D eigenvalue weighted by atomic mass is 32.2. The lowest BCUT2D eigenvalue weighted by Gasteiger charge is -2.30. The molecule has 0 aliphatic carbocycles. The number of esters is 1. The van der Waals surface area contributed by atoms with Crippen molar-refractivity contribution >= 4 is 27.0 Å². The van der Waals surface area contributed by atoms with Crippen LogP contribution in [0.5, 0.6) is 0 Å². The molecule has 27 heavy (non-hydrogen) atoms. The van der Waals surface area contributed by atoms with Crippen molar-refractivity contribution in [2.24, 2.45) is 5.92 Å². The summed E-state index contributed by atoms with van der Waals surface area (Å²) >= 11 is 0. The fraction of sp³-hybridized carbons (Fsp3) is 0.529. The fourth-order valence-electron chi connectivity index (χ4n) is 3.31. The van der Waals surface area contributed by atoms with Gasteiger partial charge in [0.2, 0.25) is 10.0 Å². The average Bonchev–Trinajstić information content (AvgIpc) is 3.01. The normalized spacial score (nSPS) is 20.1. The standard InChI is InChI=1S/C17H21F2N3O4S/c1-11(15-20-13-7-3-4-8-14(13)22(15)17(18)19)26-16(23)12-6-5-9-21(10-12)27(2,24)25/h3-4,7-8,11-12,17H,5-6,9-10H2,1-2H3. The quantitative estimate of drug-likeness (QED) is 0.720. The molecule has 7 nitrogen and oxygen atoms in total. The predicted octanol–water partition coefficient (Wildman–Crippen LogP) is 2.71. The molecule has 1 aliphatic rings. The summed E-state index contributed by atoms with van der Waals surface area (Å²) < 4.78 is 57.8. The number of fused-ring (bicyclic) bond motifs is 1. The molecule has 0 radical (unpaired) electrons. The Balaban J connectivity index is 1.79. The summed E-state index contributed by atoms with van der Waals surface area (Å²) in [5.74, 6) is -1.28. The number of hydrogen-bond acceptors (Lipinski definition) is 5. The van der Waals surface area contributed by atoms with Crippen molar-refractivity contribution in [3.63, 3.8) is 0 Å². The molecule has 1 aliphatic heterocycles. The van der Waals surface area contributed by atoms with Crippen LogP contribution in [0.4, 0.5) is 8.78 Å². The number of sulfonamides is 1. The number of alkyl halides is 2. The van der Waals surface area contributed by atoms with Crippen molar-refractivity contribution in [1.29, 1.82) is 0 Å². The molecule has 1 fully saturated rings. The van der Waals surface area contributed by atoms with Gasteiger partial charge in [-0.1, -0.05) is 12.1 Å². The number of halogens is 2. The maximum atomic E-state index is 13.5. The maximum absolute atomic E-state index is 13.5. The minimum atomic E-state index is -3.40. The average molecular weight is 401 g/mol. The summed E-state index contributed by atoms with van der Waals surface area (Å²) in [6.07, 6.45) is 1.13. The van der Waals surface area contributed by atoms with E-state index < -0.39 is 34.6 Å². The monoisotopic (exact) mass is 401 g/mol. The topological polar surface area (TPSA) is 81.5 Å². The van der Waals surface area contributed by atoms with E-state index >= 15 is 0 Å². The molecule has 0 spiro atoms. The van der Waals surface area contributed by atoms with E-state index in [-0.39, 0.29) is 17.9 Å². The molecule has 3 rings (SSSR count). The van der Waals surface area contributed by atoms with Crippen molar-refractivity contribution < 1.29 is 26.7 Å². The minimum absolute atomic E-state index is 0.0374. The number of nitrogens with zero attached hydrogens (tertiary/aromatic N) is 3. The van der Waals surface area contributed by atoms with Crippen LogP contribution in [0.25, 0.3) is 11.0 Å². The molecule has 0 amide bonds. The number of imidazole rings is 1. The van der Waals surface area contributed by atoms with E-state index in [1.165, 1.54) is 17.3 Å². The number of carbonyl (C=O) groups excluding carboxylic acids is 1. The summed E-state index contributed by atoms with van der Waals surface area (Å²) in [5, 5.41) is 0. The van der Waals surface area contributed by atoms with Crippen LogP contribution in [-0.4, -0.2) is 47.6 Å². The van der Waals surface area contributed by atoms with Gasteiger partial charge in [0.25, 0.3) is 0 Å². The first-order chi connectivity index (χ1) is 12.7. The van der Waals surface area contributed by atoms with Crippen molar-refractivity contribution in [1.82, 2.24) is 13.9 Å². The number of rotatable bonds is 5. The lowest BCUT2D eigenvalue weighted by molar-refractivity contribution is -0.155. The highest BCUT2D eigenvalue weighted by molar-refractivity contribution is 7.88. The number of aromatic nitrogens is 2. The first-order valence-electron chi connectivity index (χ1n) is 8.59. The van der Waals surface area contributed by atoms with Crippen LogP contribution in [0.1, 0.15) is 38.2 Å². The van der Waals surface area contributed by atoms with Crippen LogP contribution in [0, 0.1) is 5.92 Å². The molecule has 10 heteroatoms. The molecule has 2 unspecified atom stereocenters. The molecule has 148 valence electrons. The van der Waals surface area contributed by atoms with Crippen LogP contribution in [0.3, 0.4) is 0 Å². The maximum Gasteiger partial charge on any atom is 0.320 e. The zero-order valence-corrected chi connectivity index (χ0v) is 15.8. The van der Waals surface area contributed by atoms with Crippen LogP contribution < -0.4 is 0 Å². The lowest BCUT2D eigenvalue weighted by atomic mass is 10.00. The minimum Gasteiger partial charge on any atom is -0.454 e. The molecular weight excluding hydrogens is 380 g/mol. The Kier molecular flexibility index (Phi) is 5.48. The van der Waals surface area contributed by atoms with E-state index in [1.54, 1.807) is 18.2 Å². The summed E-state index contributed by atoms with van der Waals surface area (Å²) in [5.41, 5.74) is 0.642. The van der Waals surface area contributed by atoms with E-state index in [9.17, 15) is 22.0 Å². The third-order valence-corrected chi connectivity index (χ3v) is 5.93. The summed E-state index contributed by atoms with van der Waals surface area (Å²) in [4.78, 5) is 16.7. The van der Waals surface area contributed by atoms with E-state index in [2.05, 4.69) is 4.98 Å².